The summed E-state index contributed by atoms with van der Waals surface area (Å²) in [5, 5.41) is 5.74. The van der Waals surface area contributed by atoms with Crippen molar-refractivity contribution in [2.75, 3.05) is 12.0 Å². The van der Waals surface area contributed by atoms with Crippen molar-refractivity contribution in [3.05, 3.63) is 39.6 Å². The largest absolute Gasteiger partial charge is 0.474 e. The Hall–Kier alpha value is -2.09. The molecular formula is C18H22ClN5O3S. The van der Waals surface area contributed by atoms with Crippen LogP contribution in [0, 0.1) is 5.92 Å². The van der Waals surface area contributed by atoms with E-state index in [1.54, 1.807) is 18.5 Å². The molecule has 1 unspecified atom stereocenters. The van der Waals surface area contributed by atoms with E-state index in [0.29, 0.717) is 35.7 Å². The number of azide groups is 1. The number of hydrogen-bond acceptors (Lipinski definition) is 6. The molecule has 2 heterocycles. The number of hydrogen-bond donors (Lipinski definition) is 0. The molecule has 8 nitrogen and oxygen atoms in total. The zero-order chi connectivity index (χ0) is 20.5. The van der Waals surface area contributed by atoms with Gasteiger partial charge in [-0.05, 0) is 54.7 Å². The van der Waals surface area contributed by atoms with Gasteiger partial charge in [0.05, 0.1) is 16.7 Å². The second-order valence-corrected chi connectivity index (χ2v) is 10.1. The minimum Gasteiger partial charge on any atom is -0.474 e. The van der Waals surface area contributed by atoms with Gasteiger partial charge in [-0.2, -0.15) is 0 Å². The molecule has 3 rings (SSSR count). The lowest BCUT2D eigenvalue weighted by molar-refractivity contribution is 0.0725. The summed E-state index contributed by atoms with van der Waals surface area (Å²) in [5.74, 6) is 0.717. The molecule has 1 saturated carbocycles. The molecule has 0 aliphatic heterocycles. The molecule has 1 fully saturated rings. The number of sulfone groups is 1. The van der Waals surface area contributed by atoms with Crippen LogP contribution in [0.4, 0.5) is 0 Å². The zero-order valence-corrected chi connectivity index (χ0v) is 17.5. The van der Waals surface area contributed by atoms with Crippen LogP contribution in [-0.2, 0) is 15.4 Å². The number of halogens is 1. The number of aromatic nitrogens is 2. The lowest BCUT2D eigenvalue weighted by atomic mass is 9.84. The molecular weight excluding hydrogens is 402 g/mol. The Kier molecular flexibility index (Phi) is 5.70. The number of pyridine rings is 2. The van der Waals surface area contributed by atoms with Crippen molar-refractivity contribution in [3.8, 4) is 5.88 Å². The van der Waals surface area contributed by atoms with E-state index in [2.05, 4.69) is 20.0 Å². The summed E-state index contributed by atoms with van der Waals surface area (Å²) in [7, 11) is -2.99. The summed E-state index contributed by atoms with van der Waals surface area (Å²) >= 11 is 6.11. The molecule has 0 saturated heterocycles. The molecule has 1 aliphatic carbocycles. The summed E-state index contributed by atoms with van der Waals surface area (Å²) < 4.78 is 28.8. The van der Waals surface area contributed by atoms with Crippen molar-refractivity contribution < 1.29 is 13.2 Å². The molecule has 2 aromatic rings. The maximum absolute atomic E-state index is 11.4. The fourth-order valence-corrected chi connectivity index (χ4v) is 4.80. The third-order valence-electron chi connectivity index (χ3n) is 5.25. The van der Waals surface area contributed by atoms with Crippen molar-refractivity contribution in [2.24, 2.45) is 11.0 Å². The van der Waals surface area contributed by atoms with Gasteiger partial charge in [-0.1, -0.05) is 23.6 Å². The topological polar surface area (TPSA) is 118 Å². The monoisotopic (exact) mass is 423 g/mol. The number of fused-ring (bicyclic) bond motifs is 1. The summed E-state index contributed by atoms with van der Waals surface area (Å²) in [4.78, 5) is 11.6. The smallest absolute Gasteiger partial charge is 0.223 e. The van der Waals surface area contributed by atoms with Gasteiger partial charge in [0.1, 0.15) is 21.1 Å². The Bertz CT molecular complexity index is 1050. The summed E-state index contributed by atoms with van der Waals surface area (Å²) in [5.41, 5.74) is 8.95. The average molecular weight is 424 g/mol. The van der Waals surface area contributed by atoms with Crippen molar-refractivity contribution >= 4 is 32.2 Å². The predicted molar refractivity (Wildman–Crippen MR) is 108 cm³/mol. The molecule has 150 valence electrons. The van der Waals surface area contributed by atoms with Crippen LogP contribution in [-0.4, -0.2) is 36.5 Å². The number of nitrogens with zero attached hydrogens (tertiary/aromatic N) is 5. The maximum atomic E-state index is 11.4. The molecule has 0 aromatic carbocycles. The number of ether oxygens (including phenoxy) is 1. The van der Waals surface area contributed by atoms with E-state index < -0.39 is 15.4 Å². The highest BCUT2D eigenvalue weighted by atomic mass is 35.5. The standard InChI is InChI=1S/C18H22ClN5O3S/c1-4-18(2,23-24-20)15-9-22-17(14-8-21-16(19)7-13(14)15)27-12-5-11(6-12)10-28(3,25)26/h7-9,11-12H,4-6,10H2,1-3H3/t11-,12-,18?. The first kappa shape index (κ1) is 20.6. The van der Waals surface area contributed by atoms with Gasteiger partial charge in [0, 0.05) is 23.6 Å². The van der Waals surface area contributed by atoms with Crippen molar-refractivity contribution in [3.63, 3.8) is 0 Å². The van der Waals surface area contributed by atoms with E-state index in [0.717, 1.165) is 10.9 Å². The van der Waals surface area contributed by atoms with Gasteiger partial charge >= 0.3 is 0 Å². The number of rotatable bonds is 7. The third-order valence-corrected chi connectivity index (χ3v) is 6.53. The third kappa shape index (κ3) is 4.32. The Labute approximate surface area is 168 Å². The van der Waals surface area contributed by atoms with E-state index in [9.17, 15) is 8.42 Å². The SMILES string of the molecule is CCC(C)(N=[N+]=[N-])c1cnc(O[C@H]2C[C@H](CS(C)(=O)=O)C2)c2cnc(Cl)cc12. The first-order valence-corrected chi connectivity index (χ1v) is 11.4. The van der Waals surface area contributed by atoms with Gasteiger partial charge < -0.3 is 4.74 Å². The molecule has 28 heavy (non-hydrogen) atoms. The Morgan fingerprint density at radius 3 is 2.68 bits per heavy atom. The van der Waals surface area contributed by atoms with Crippen LogP contribution in [0.5, 0.6) is 5.88 Å². The zero-order valence-electron chi connectivity index (χ0n) is 16.0. The van der Waals surface area contributed by atoms with Gasteiger partial charge in [-0.15, -0.1) is 0 Å². The molecule has 0 amide bonds. The van der Waals surface area contributed by atoms with Crippen molar-refractivity contribution in [2.45, 2.75) is 44.8 Å². The lowest BCUT2D eigenvalue weighted by Crippen LogP contribution is -2.37. The fraction of sp³-hybridized carbons (Fsp3) is 0.556. The van der Waals surface area contributed by atoms with Gasteiger partial charge in [-0.3, -0.25) is 0 Å². The van der Waals surface area contributed by atoms with Gasteiger partial charge in [0.15, 0.2) is 0 Å². The second kappa shape index (κ2) is 7.73. The Balaban J connectivity index is 1.92. The summed E-state index contributed by atoms with van der Waals surface area (Å²) in [6.45, 7) is 3.78. The first-order valence-electron chi connectivity index (χ1n) is 9.00. The minimum atomic E-state index is -2.99. The minimum absolute atomic E-state index is 0.0846. The Morgan fingerprint density at radius 1 is 1.36 bits per heavy atom. The maximum Gasteiger partial charge on any atom is 0.223 e. The van der Waals surface area contributed by atoms with Crippen LogP contribution in [0.3, 0.4) is 0 Å². The van der Waals surface area contributed by atoms with Crippen molar-refractivity contribution in [1.82, 2.24) is 9.97 Å². The molecule has 0 radical (unpaired) electrons. The quantitative estimate of drug-likeness (QED) is 0.282. The highest BCUT2D eigenvalue weighted by molar-refractivity contribution is 7.90. The lowest BCUT2D eigenvalue weighted by Gasteiger charge is -2.35. The summed E-state index contributed by atoms with van der Waals surface area (Å²) in [6.07, 6.45) is 6.34. The molecule has 1 atom stereocenters. The Morgan fingerprint density at radius 2 is 2.07 bits per heavy atom. The van der Waals surface area contributed by atoms with Crippen LogP contribution in [0.2, 0.25) is 5.15 Å². The molecule has 0 N–H and O–H groups in total. The van der Waals surface area contributed by atoms with Crippen LogP contribution in [0.1, 0.15) is 38.7 Å². The van der Waals surface area contributed by atoms with Gasteiger partial charge in [-0.25, -0.2) is 18.4 Å². The highest BCUT2D eigenvalue weighted by Gasteiger charge is 2.34. The van der Waals surface area contributed by atoms with Crippen LogP contribution in [0.25, 0.3) is 21.2 Å². The van der Waals surface area contributed by atoms with Gasteiger partial charge in [0.2, 0.25) is 5.88 Å². The fourth-order valence-electron chi connectivity index (χ4n) is 3.52. The van der Waals surface area contributed by atoms with E-state index in [1.165, 1.54) is 6.26 Å². The van der Waals surface area contributed by atoms with Crippen LogP contribution >= 0.6 is 11.6 Å². The van der Waals surface area contributed by atoms with Crippen LogP contribution in [0.15, 0.2) is 23.6 Å². The molecule has 0 bridgehead atoms. The van der Waals surface area contributed by atoms with Gasteiger partial charge in [0.25, 0.3) is 0 Å². The van der Waals surface area contributed by atoms with E-state index in [4.69, 9.17) is 21.9 Å². The average Bonchev–Trinajstić information content (AvgIpc) is 2.58. The van der Waals surface area contributed by atoms with Crippen molar-refractivity contribution in [1.29, 1.82) is 0 Å². The van der Waals surface area contributed by atoms with E-state index >= 15 is 0 Å². The van der Waals surface area contributed by atoms with E-state index in [-0.39, 0.29) is 17.8 Å². The summed E-state index contributed by atoms with van der Waals surface area (Å²) in [6, 6.07) is 1.72. The molecule has 10 heteroatoms. The highest BCUT2D eigenvalue weighted by Crippen LogP contribution is 2.39. The molecule has 0 spiro atoms. The van der Waals surface area contributed by atoms with E-state index in [1.807, 2.05) is 13.8 Å². The molecule has 2 aromatic heterocycles. The second-order valence-electron chi connectivity index (χ2n) is 7.52. The molecule has 1 aliphatic rings. The van der Waals surface area contributed by atoms with Crippen LogP contribution < -0.4 is 4.74 Å². The first-order chi connectivity index (χ1) is 13.1. The predicted octanol–water partition coefficient (Wildman–Crippen LogP) is 4.42. The normalized spacial score (nSPS) is 21.4.